The fourth-order valence-corrected chi connectivity index (χ4v) is 3.56. The molecule has 0 radical (unpaired) electrons. The van der Waals surface area contributed by atoms with Crippen LogP contribution in [0.1, 0.15) is 105 Å². The Morgan fingerprint density at radius 3 is 1.64 bits per heavy atom. The van der Waals surface area contributed by atoms with Crippen LogP contribution >= 0.6 is 0 Å². The molecule has 39 heavy (non-hydrogen) atoms. The van der Waals surface area contributed by atoms with Crippen LogP contribution in [0.3, 0.4) is 0 Å². The summed E-state index contributed by atoms with van der Waals surface area (Å²) in [6, 6.07) is -0.564. The Labute approximate surface area is 236 Å². The minimum atomic E-state index is -0.722. The van der Waals surface area contributed by atoms with Crippen molar-refractivity contribution in [3.63, 3.8) is 0 Å². The number of ketones is 1. The highest BCUT2D eigenvalue weighted by molar-refractivity contribution is 5.92. The van der Waals surface area contributed by atoms with Gasteiger partial charge in [0, 0.05) is 18.8 Å². The van der Waals surface area contributed by atoms with Crippen molar-refractivity contribution in [2.45, 2.75) is 111 Å². The molecule has 0 bridgehead atoms. The summed E-state index contributed by atoms with van der Waals surface area (Å²) in [6.45, 7) is 9.70. The quantitative estimate of drug-likeness (QED) is 0.0703. The van der Waals surface area contributed by atoms with Crippen molar-refractivity contribution in [1.82, 2.24) is 5.32 Å². The molecule has 0 aliphatic rings. The molecular formula is C33H51NO5. The van der Waals surface area contributed by atoms with Crippen LogP contribution in [0.15, 0.2) is 60.8 Å². The first-order chi connectivity index (χ1) is 18.7. The van der Waals surface area contributed by atoms with Crippen LogP contribution in [0.5, 0.6) is 0 Å². The van der Waals surface area contributed by atoms with Crippen molar-refractivity contribution in [2.24, 2.45) is 11.8 Å². The van der Waals surface area contributed by atoms with Gasteiger partial charge in [-0.05, 0) is 57.3 Å². The van der Waals surface area contributed by atoms with Gasteiger partial charge >= 0.3 is 11.9 Å². The molecule has 0 fully saturated rings. The third kappa shape index (κ3) is 22.7. The molecule has 0 heterocycles. The summed E-state index contributed by atoms with van der Waals surface area (Å²) in [7, 11) is 0. The van der Waals surface area contributed by atoms with Gasteiger partial charge in [0.05, 0.1) is 12.5 Å². The van der Waals surface area contributed by atoms with Crippen LogP contribution in [-0.4, -0.2) is 29.7 Å². The Hall–Kier alpha value is -3.02. The molecule has 6 heteroatoms. The number of hydrogen-bond acceptors (Lipinski definition) is 5. The van der Waals surface area contributed by atoms with E-state index in [1.807, 2.05) is 19.9 Å². The van der Waals surface area contributed by atoms with Gasteiger partial charge in [0.1, 0.15) is 0 Å². The molecule has 1 amide bonds. The summed E-state index contributed by atoms with van der Waals surface area (Å²) in [6.07, 6.45) is 27.8. The van der Waals surface area contributed by atoms with Crippen LogP contribution in [-0.2, 0) is 23.9 Å². The molecule has 0 aliphatic carbocycles. The molecule has 1 N–H and O–H groups in total. The normalized spacial score (nSPS) is 13.1. The van der Waals surface area contributed by atoms with Gasteiger partial charge in [-0.1, -0.05) is 95.4 Å². The Morgan fingerprint density at radius 2 is 1.15 bits per heavy atom. The van der Waals surface area contributed by atoms with Gasteiger partial charge in [-0.2, -0.15) is 0 Å². The number of unbranched alkanes of at least 4 members (excludes halogenated alkanes) is 1. The molecule has 1 atom stereocenters. The fraction of sp³-hybridized carbons (Fsp3) is 0.576. The summed E-state index contributed by atoms with van der Waals surface area (Å²) in [5.74, 6) is -1.66. The fourth-order valence-electron chi connectivity index (χ4n) is 3.56. The molecule has 0 aliphatic heterocycles. The molecule has 218 valence electrons. The smallest absolute Gasteiger partial charge is 0.313 e. The molecule has 0 aromatic carbocycles. The number of ether oxygens (including phenoxy) is 1. The first-order valence-corrected chi connectivity index (χ1v) is 14.5. The number of nitrogens with one attached hydrogen (secondary N) is 1. The van der Waals surface area contributed by atoms with Crippen LogP contribution in [0.2, 0.25) is 0 Å². The predicted octanol–water partition coefficient (Wildman–Crippen LogP) is 7.51. The topological polar surface area (TPSA) is 89.5 Å². The molecule has 6 nitrogen and oxygen atoms in total. The number of amides is 1. The summed E-state index contributed by atoms with van der Waals surface area (Å²) < 4.78 is 4.81. The summed E-state index contributed by atoms with van der Waals surface area (Å²) >= 11 is 0. The van der Waals surface area contributed by atoms with Gasteiger partial charge < -0.3 is 10.1 Å². The summed E-state index contributed by atoms with van der Waals surface area (Å²) in [4.78, 5) is 48.4. The largest absolute Gasteiger partial charge is 0.393 e. The zero-order chi connectivity index (χ0) is 29.3. The van der Waals surface area contributed by atoms with E-state index in [2.05, 4.69) is 66.9 Å². The first-order valence-electron chi connectivity index (χ1n) is 14.5. The van der Waals surface area contributed by atoms with Crippen molar-refractivity contribution in [3.05, 3.63) is 60.8 Å². The Balaban J connectivity index is 3.99. The second-order valence-electron chi connectivity index (χ2n) is 10.3. The third-order valence-corrected chi connectivity index (χ3v) is 5.65. The second-order valence-corrected chi connectivity index (χ2v) is 10.3. The standard InChI is InChI=1S/C33H51NO5/c1-6-7-8-9-10-11-12-13-14-15-16-17-18-19-20-21-22-23-31(36)39-32(37)25-24-30(35)34-29(26-27(2)3)33(38)28(4)5/h7-8,10-11,13-14,16-17,19-20,27-29H,6,9,12,15,18,21-26H2,1-5H3,(H,34,35)/b8-7-,11-10-,14-13-,17-16-,20-19-. The SMILES string of the molecule is CC/C=C\C/C=C\C/C=C\C/C=C\C/C=C\CCCC(=O)OC(=O)CCC(=O)NC(CC(C)C)C(=O)C(C)C. The van der Waals surface area contributed by atoms with Gasteiger partial charge in [-0.15, -0.1) is 0 Å². The summed E-state index contributed by atoms with van der Waals surface area (Å²) in [5, 5.41) is 2.72. The lowest BCUT2D eigenvalue weighted by atomic mass is 9.94. The lowest BCUT2D eigenvalue weighted by molar-refractivity contribution is -0.160. The van der Waals surface area contributed by atoms with Crippen molar-refractivity contribution < 1.29 is 23.9 Å². The van der Waals surface area contributed by atoms with Crippen LogP contribution in [0.25, 0.3) is 0 Å². The van der Waals surface area contributed by atoms with E-state index < -0.39 is 23.9 Å². The Kier molecular flexibility index (Phi) is 22.2. The number of Topliss-reactive ketones (excluding diaryl/α,β-unsaturated/α-hetero) is 1. The molecule has 0 saturated carbocycles. The highest BCUT2D eigenvalue weighted by atomic mass is 16.6. The van der Waals surface area contributed by atoms with Gasteiger partial charge in [0.15, 0.2) is 5.78 Å². The van der Waals surface area contributed by atoms with E-state index in [4.69, 9.17) is 4.74 Å². The second kappa shape index (κ2) is 24.1. The average Bonchev–Trinajstić information content (AvgIpc) is 2.88. The van der Waals surface area contributed by atoms with E-state index in [1.54, 1.807) is 13.8 Å². The Morgan fingerprint density at radius 1 is 0.667 bits per heavy atom. The molecule has 0 saturated heterocycles. The van der Waals surface area contributed by atoms with Crippen LogP contribution < -0.4 is 5.32 Å². The van der Waals surface area contributed by atoms with Crippen molar-refractivity contribution >= 4 is 23.6 Å². The molecule has 0 aromatic rings. The minimum Gasteiger partial charge on any atom is -0.393 e. The lowest BCUT2D eigenvalue weighted by Crippen LogP contribution is -2.43. The number of allylic oxidation sites excluding steroid dienone is 10. The van der Waals surface area contributed by atoms with Crippen molar-refractivity contribution in [1.29, 1.82) is 0 Å². The van der Waals surface area contributed by atoms with E-state index >= 15 is 0 Å². The maximum Gasteiger partial charge on any atom is 0.313 e. The van der Waals surface area contributed by atoms with Gasteiger partial charge in [-0.3, -0.25) is 19.2 Å². The summed E-state index contributed by atoms with van der Waals surface area (Å²) in [5.41, 5.74) is 0. The van der Waals surface area contributed by atoms with E-state index in [-0.39, 0.29) is 36.9 Å². The number of carbonyl (C=O) groups is 4. The van der Waals surface area contributed by atoms with Gasteiger partial charge in [0.25, 0.3) is 0 Å². The lowest BCUT2D eigenvalue weighted by Gasteiger charge is -2.21. The van der Waals surface area contributed by atoms with Gasteiger partial charge in [0.2, 0.25) is 5.91 Å². The van der Waals surface area contributed by atoms with Crippen LogP contribution in [0, 0.1) is 11.8 Å². The molecule has 0 rings (SSSR count). The molecule has 1 unspecified atom stereocenters. The molecular weight excluding hydrogens is 490 g/mol. The maximum atomic E-state index is 12.3. The zero-order valence-corrected chi connectivity index (χ0v) is 24.8. The molecule has 0 spiro atoms. The minimum absolute atomic E-state index is 0.0256. The number of esters is 2. The average molecular weight is 542 g/mol. The first kappa shape index (κ1) is 36.0. The highest BCUT2D eigenvalue weighted by Crippen LogP contribution is 2.11. The van der Waals surface area contributed by atoms with Crippen LogP contribution in [0.4, 0.5) is 0 Å². The van der Waals surface area contributed by atoms with Gasteiger partial charge in [-0.25, -0.2) is 0 Å². The number of carbonyl (C=O) groups excluding carboxylic acids is 4. The van der Waals surface area contributed by atoms with Crippen molar-refractivity contribution in [3.8, 4) is 0 Å². The van der Waals surface area contributed by atoms with Crippen molar-refractivity contribution in [2.75, 3.05) is 0 Å². The Bertz CT molecular complexity index is 861. The number of rotatable bonds is 21. The van der Waals surface area contributed by atoms with E-state index in [0.29, 0.717) is 12.8 Å². The maximum absolute atomic E-state index is 12.3. The predicted molar refractivity (Wildman–Crippen MR) is 160 cm³/mol. The monoisotopic (exact) mass is 541 g/mol. The highest BCUT2D eigenvalue weighted by Gasteiger charge is 2.24. The van der Waals surface area contributed by atoms with E-state index in [0.717, 1.165) is 38.5 Å². The van der Waals surface area contributed by atoms with E-state index in [1.165, 1.54) is 0 Å². The zero-order valence-electron chi connectivity index (χ0n) is 24.8. The molecule has 0 aromatic heterocycles. The number of hydrogen-bond donors (Lipinski definition) is 1. The van der Waals surface area contributed by atoms with E-state index in [9.17, 15) is 19.2 Å². The third-order valence-electron chi connectivity index (χ3n) is 5.65.